The Morgan fingerprint density at radius 2 is 1.83 bits per heavy atom. The first-order valence-electron chi connectivity index (χ1n) is 8.92. The van der Waals surface area contributed by atoms with Gasteiger partial charge in [0.1, 0.15) is 22.8 Å². The number of carbonyl (C=O) groups excluding carboxylic acids is 1. The average Bonchev–Trinajstić information content (AvgIpc) is 2.74. The summed E-state index contributed by atoms with van der Waals surface area (Å²) in [6.07, 6.45) is 1.51. The van der Waals surface area contributed by atoms with E-state index in [0.717, 1.165) is 6.07 Å². The molecule has 4 aromatic rings. The fourth-order valence-electron chi connectivity index (χ4n) is 3.09. The standard InChI is InChI=1S/C22H14ClF2N3O2/c23-17-11-15(7-8-19(17)25)27-21(29)16-10-13-5-3-9-26-20(13)28(22(16)30)12-14-4-1-2-6-18(14)24/h1-11H,12H2,(H,27,29). The summed E-state index contributed by atoms with van der Waals surface area (Å²) in [6, 6.07) is 14.5. The number of amides is 1. The van der Waals surface area contributed by atoms with E-state index >= 15 is 0 Å². The Balaban J connectivity index is 1.79. The third kappa shape index (κ3) is 3.79. The van der Waals surface area contributed by atoms with Crippen molar-refractivity contribution in [1.29, 1.82) is 0 Å². The summed E-state index contributed by atoms with van der Waals surface area (Å²) in [5.41, 5.74) is 0.0572. The van der Waals surface area contributed by atoms with E-state index in [-0.39, 0.29) is 28.4 Å². The second-order valence-electron chi connectivity index (χ2n) is 6.54. The van der Waals surface area contributed by atoms with Crippen LogP contribution in [-0.2, 0) is 6.54 Å². The van der Waals surface area contributed by atoms with Gasteiger partial charge in [-0.2, -0.15) is 0 Å². The molecule has 2 heterocycles. The van der Waals surface area contributed by atoms with Crippen LogP contribution >= 0.6 is 11.6 Å². The molecule has 1 N–H and O–H groups in total. The first-order chi connectivity index (χ1) is 14.4. The summed E-state index contributed by atoms with van der Waals surface area (Å²) >= 11 is 5.75. The van der Waals surface area contributed by atoms with Crippen LogP contribution in [0, 0.1) is 11.6 Å². The molecule has 0 aliphatic carbocycles. The van der Waals surface area contributed by atoms with Crippen molar-refractivity contribution < 1.29 is 13.6 Å². The highest BCUT2D eigenvalue weighted by atomic mass is 35.5. The van der Waals surface area contributed by atoms with Crippen LogP contribution < -0.4 is 10.9 Å². The maximum Gasteiger partial charge on any atom is 0.265 e. The monoisotopic (exact) mass is 425 g/mol. The van der Waals surface area contributed by atoms with Gasteiger partial charge in [0, 0.05) is 22.8 Å². The fourth-order valence-corrected chi connectivity index (χ4v) is 3.27. The first kappa shape index (κ1) is 19.7. The van der Waals surface area contributed by atoms with E-state index in [2.05, 4.69) is 10.3 Å². The molecule has 8 heteroatoms. The average molecular weight is 426 g/mol. The molecule has 0 saturated heterocycles. The van der Waals surface area contributed by atoms with Gasteiger partial charge in [-0.05, 0) is 42.5 Å². The van der Waals surface area contributed by atoms with E-state index in [4.69, 9.17) is 11.6 Å². The molecule has 0 unspecified atom stereocenters. The van der Waals surface area contributed by atoms with Crippen LogP contribution in [-0.4, -0.2) is 15.5 Å². The van der Waals surface area contributed by atoms with Gasteiger partial charge in [-0.1, -0.05) is 29.8 Å². The summed E-state index contributed by atoms with van der Waals surface area (Å²) in [7, 11) is 0. The van der Waals surface area contributed by atoms with Crippen molar-refractivity contribution in [2.45, 2.75) is 6.54 Å². The second kappa shape index (κ2) is 8.04. The lowest BCUT2D eigenvalue weighted by molar-refractivity contribution is 0.102. The SMILES string of the molecule is O=C(Nc1ccc(F)c(Cl)c1)c1cc2cccnc2n(Cc2ccccc2F)c1=O. The largest absolute Gasteiger partial charge is 0.322 e. The summed E-state index contributed by atoms with van der Waals surface area (Å²) in [5.74, 6) is -1.79. The minimum atomic E-state index is -0.698. The molecule has 1 amide bonds. The molecular formula is C22H14ClF2N3O2. The van der Waals surface area contributed by atoms with Crippen LogP contribution in [0.1, 0.15) is 15.9 Å². The highest BCUT2D eigenvalue weighted by Crippen LogP contribution is 2.20. The molecule has 0 spiro atoms. The van der Waals surface area contributed by atoms with Gasteiger partial charge in [-0.15, -0.1) is 0 Å². The number of aromatic nitrogens is 2. The quantitative estimate of drug-likeness (QED) is 0.518. The topological polar surface area (TPSA) is 64.0 Å². The maximum absolute atomic E-state index is 14.2. The Hall–Kier alpha value is -3.58. The molecule has 0 saturated carbocycles. The zero-order chi connectivity index (χ0) is 21.3. The van der Waals surface area contributed by atoms with E-state index in [1.54, 1.807) is 30.3 Å². The lowest BCUT2D eigenvalue weighted by Gasteiger charge is -2.13. The summed E-state index contributed by atoms with van der Waals surface area (Å²) < 4.78 is 28.8. The van der Waals surface area contributed by atoms with Gasteiger partial charge in [-0.25, -0.2) is 13.8 Å². The van der Waals surface area contributed by atoms with Crippen LogP contribution in [0.25, 0.3) is 11.0 Å². The normalized spacial score (nSPS) is 10.9. The molecule has 0 atom stereocenters. The highest BCUT2D eigenvalue weighted by molar-refractivity contribution is 6.31. The number of rotatable bonds is 4. The van der Waals surface area contributed by atoms with E-state index in [1.807, 2.05) is 0 Å². The van der Waals surface area contributed by atoms with E-state index in [0.29, 0.717) is 11.0 Å². The molecule has 0 bridgehead atoms. The van der Waals surface area contributed by atoms with Crippen molar-refractivity contribution in [3.63, 3.8) is 0 Å². The van der Waals surface area contributed by atoms with Crippen LogP contribution in [0.4, 0.5) is 14.5 Å². The molecule has 2 aromatic heterocycles. The molecule has 0 aliphatic rings. The Kier molecular flexibility index (Phi) is 5.29. The van der Waals surface area contributed by atoms with Gasteiger partial charge >= 0.3 is 0 Å². The molecular weight excluding hydrogens is 412 g/mol. The Morgan fingerprint density at radius 1 is 1.03 bits per heavy atom. The predicted molar refractivity (Wildman–Crippen MR) is 111 cm³/mol. The van der Waals surface area contributed by atoms with Crippen LogP contribution in [0.2, 0.25) is 5.02 Å². The van der Waals surface area contributed by atoms with E-state index in [9.17, 15) is 18.4 Å². The number of nitrogens with zero attached hydrogens (tertiary/aromatic N) is 2. The molecule has 5 nitrogen and oxygen atoms in total. The third-order valence-electron chi connectivity index (χ3n) is 4.56. The maximum atomic E-state index is 14.2. The van der Waals surface area contributed by atoms with E-state index in [1.165, 1.54) is 35.0 Å². The smallest absolute Gasteiger partial charge is 0.265 e. The molecule has 150 valence electrons. The number of halogens is 3. The Morgan fingerprint density at radius 3 is 2.60 bits per heavy atom. The zero-order valence-electron chi connectivity index (χ0n) is 15.4. The number of carbonyl (C=O) groups is 1. The van der Waals surface area contributed by atoms with Crippen molar-refractivity contribution in [2.24, 2.45) is 0 Å². The lowest BCUT2D eigenvalue weighted by Crippen LogP contribution is -2.30. The Bertz CT molecular complexity index is 1340. The predicted octanol–water partition coefficient (Wildman–Crippen LogP) is 4.63. The molecule has 2 aromatic carbocycles. The lowest BCUT2D eigenvalue weighted by atomic mass is 10.1. The van der Waals surface area contributed by atoms with Crippen LogP contribution in [0.3, 0.4) is 0 Å². The van der Waals surface area contributed by atoms with Crippen molar-refractivity contribution in [3.8, 4) is 0 Å². The molecule has 0 radical (unpaired) electrons. The number of hydrogen-bond donors (Lipinski definition) is 1. The van der Waals surface area contributed by atoms with Gasteiger partial charge in [0.05, 0.1) is 11.6 Å². The van der Waals surface area contributed by atoms with Crippen LogP contribution in [0.5, 0.6) is 0 Å². The fraction of sp³-hybridized carbons (Fsp3) is 0.0455. The molecule has 0 aliphatic heterocycles. The third-order valence-corrected chi connectivity index (χ3v) is 4.85. The van der Waals surface area contributed by atoms with Crippen molar-refractivity contribution in [1.82, 2.24) is 9.55 Å². The minimum Gasteiger partial charge on any atom is -0.322 e. The van der Waals surface area contributed by atoms with Gasteiger partial charge in [0.15, 0.2) is 0 Å². The van der Waals surface area contributed by atoms with Gasteiger partial charge in [0.25, 0.3) is 11.5 Å². The number of anilines is 1. The number of nitrogens with one attached hydrogen (secondary N) is 1. The number of hydrogen-bond acceptors (Lipinski definition) is 3. The summed E-state index contributed by atoms with van der Waals surface area (Å²) in [5, 5.41) is 2.91. The van der Waals surface area contributed by atoms with E-state index < -0.39 is 23.1 Å². The van der Waals surface area contributed by atoms with Crippen molar-refractivity contribution >= 4 is 34.2 Å². The Labute approximate surface area is 174 Å². The van der Waals surface area contributed by atoms with Crippen molar-refractivity contribution in [2.75, 3.05) is 5.32 Å². The minimum absolute atomic E-state index is 0.0947. The first-order valence-corrected chi connectivity index (χ1v) is 9.30. The van der Waals surface area contributed by atoms with Crippen LogP contribution in [0.15, 0.2) is 71.7 Å². The number of fused-ring (bicyclic) bond motifs is 1. The summed E-state index contributed by atoms with van der Waals surface area (Å²) in [4.78, 5) is 30.1. The van der Waals surface area contributed by atoms with Gasteiger partial charge in [0.2, 0.25) is 0 Å². The van der Waals surface area contributed by atoms with Gasteiger partial charge in [-0.3, -0.25) is 14.2 Å². The highest BCUT2D eigenvalue weighted by Gasteiger charge is 2.18. The van der Waals surface area contributed by atoms with Crippen molar-refractivity contribution in [3.05, 3.63) is 105 Å². The second-order valence-corrected chi connectivity index (χ2v) is 6.95. The van der Waals surface area contributed by atoms with Gasteiger partial charge < -0.3 is 5.32 Å². The molecule has 30 heavy (non-hydrogen) atoms. The summed E-state index contributed by atoms with van der Waals surface area (Å²) in [6.45, 7) is -0.0947. The zero-order valence-corrected chi connectivity index (χ0v) is 16.2. The molecule has 0 fully saturated rings. The molecule has 4 rings (SSSR count). The number of pyridine rings is 2. The number of benzene rings is 2.